The maximum Gasteiger partial charge on any atom is 1.00 e. The van der Waals surface area contributed by atoms with Gasteiger partial charge in [-0.2, -0.15) is 0 Å². The molecule has 2 unspecified atom stereocenters. The van der Waals surface area contributed by atoms with E-state index in [-0.39, 0.29) is 50.4 Å². The van der Waals surface area contributed by atoms with Crippen LogP contribution in [0, 0.1) is 0 Å². The minimum Gasteiger partial charge on any atom is -0.731 e. The SMILES string of the molecule is CON=C(C(=O)NC1C(=O)N(S(=O)(=O)[O-])C1COC(C)=O)c1csc(N)n1.[Na+]. The van der Waals surface area contributed by atoms with Crippen LogP contribution in [0.2, 0.25) is 0 Å². The van der Waals surface area contributed by atoms with E-state index in [0.717, 1.165) is 18.3 Å². The molecular formula is C12H14N5NaO8S2. The maximum absolute atomic E-state index is 12.4. The molecule has 0 bridgehead atoms. The van der Waals surface area contributed by atoms with Gasteiger partial charge < -0.3 is 25.2 Å². The standard InChI is InChI=1S/C12H15N5O8S2.Na/c1-5(18)25-3-7-9(11(20)17(7)27(21,22)23)15-10(19)8(16-24-2)6-4-26-12(13)14-6;/h4,7,9H,3H2,1-2H3,(H2,13,14)(H,15,19)(H,21,22,23);/q;+1/p-1. The Balaban J connectivity index is 0.00000392. The number of rotatable bonds is 7. The Hall–Kier alpha value is -1.78. The van der Waals surface area contributed by atoms with Crippen LogP contribution in [0.4, 0.5) is 5.13 Å². The third-order valence-electron chi connectivity index (χ3n) is 3.32. The average molecular weight is 443 g/mol. The number of esters is 1. The fraction of sp³-hybridized carbons (Fsp3) is 0.417. The molecule has 28 heavy (non-hydrogen) atoms. The summed E-state index contributed by atoms with van der Waals surface area (Å²) in [5, 5.41) is 7.30. The van der Waals surface area contributed by atoms with Crippen LogP contribution in [-0.2, 0) is 34.3 Å². The van der Waals surface area contributed by atoms with E-state index in [1.54, 1.807) is 0 Å². The minimum absolute atomic E-state index is 0. The number of hydrogen-bond donors (Lipinski definition) is 2. The number of ether oxygens (including phenoxy) is 1. The van der Waals surface area contributed by atoms with Gasteiger partial charge in [-0.05, 0) is 0 Å². The second-order valence-corrected chi connectivity index (χ2v) is 7.24. The van der Waals surface area contributed by atoms with E-state index in [2.05, 4.69) is 25.0 Å². The molecule has 1 aromatic heterocycles. The zero-order valence-corrected chi connectivity index (χ0v) is 18.6. The van der Waals surface area contributed by atoms with Crippen LogP contribution in [0.25, 0.3) is 0 Å². The molecule has 16 heteroatoms. The van der Waals surface area contributed by atoms with Gasteiger partial charge in [0, 0.05) is 12.3 Å². The Bertz CT molecular complexity index is 902. The fourth-order valence-corrected chi connectivity index (χ4v) is 3.62. The zero-order chi connectivity index (χ0) is 20.4. The molecule has 13 nitrogen and oxygen atoms in total. The molecule has 1 saturated heterocycles. The van der Waals surface area contributed by atoms with E-state index < -0.39 is 46.8 Å². The van der Waals surface area contributed by atoms with Gasteiger partial charge in [-0.25, -0.2) is 17.7 Å². The Morgan fingerprint density at radius 2 is 2.14 bits per heavy atom. The predicted octanol–water partition coefficient (Wildman–Crippen LogP) is -5.20. The van der Waals surface area contributed by atoms with Crippen LogP contribution >= 0.6 is 11.3 Å². The Morgan fingerprint density at radius 3 is 2.61 bits per heavy atom. The summed E-state index contributed by atoms with van der Waals surface area (Å²) in [4.78, 5) is 43.8. The van der Waals surface area contributed by atoms with Crippen LogP contribution < -0.4 is 40.6 Å². The molecule has 1 aliphatic rings. The zero-order valence-electron chi connectivity index (χ0n) is 14.9. The summed E-state index contributed by atoms with van der Waals surface area (Å²) < 4.78 is 38.3. The number of amides is 2. The average Bonchev–Trinajstić information content (AvgIpc) is 2.98. The number of carbonyl (C=O) groups is 3. The Kier molecular flexibility index (Phi) is 8.33. The van der Waals surface area contributed by atoms with Crippen molar-refractivity contribution in [2.24, 2.45) is 5.16 Å². The van der Waals surface area contributed by atoms with E-state index in [4.69, 9.17) is 5.73 Å². The van der Waals surface area contributed by atoms with Gasteiger partial charge in [0.25, 0.3) is 11.8 Å². The molecule has 1 aliphatic heterocycles. The molecule has 2 heterocycles. The van der Waals surface area contributed by atoms with Crippen molar-refractivity contribution >= 4 is 50.3 Å². The monoisotopic (exact) mass is 443 g/mol. The number of nitrogens with one attached hydrogen (secondary N) is 1. The third kappa shape index (κ3) is 5.39. The van der Waals surface area contributed by atoms with Crippen LogP contribution in [0.1, 0.15) is 12.6 Å². The van der Waals surface area contributed by atoms with Crippen molar-refractivity contribution < 1.29 is 66.5 Å². The molecule has 0 aromatic carbocycles. The first kappa shape index (κ1) is 24.3. The number of nitrogens with zero attached hydrogens (tertiary/aromatic N) is 3. The van der Waals surface area contributed by atoms with Crippen LogP contribution in [0.5, 0.6) is 0 Å². The summed E-state index contributed by atoms with van der Waals surface area (Å²) >= 11 is 1.03. The van der Waals surface area contributed by atoms with Gasteiger partial charge in [0.2, 0.25) is 0 Å². The van der Waals surface area contributed by atoms with E-state index in [0.29, 0.717) is 0 Å². The molecule has 0 spiro atoms. The van der Waals surface area contributed by atoms with Crippen molar-refractivity contribution in [3.63, 3.8) is 0 Å². The largest absolute Gasteiger partial charge is 1.00 e. The predicted molar refractivity (Wildman–Crippen MR) is 89.0 cm³/mol. The first-order chi connectivity index (χ1) is 12.6. The van der Waals surface area contributed by atoms with Crippen LogP contribution in [-0.4, -0.2) is 71.6 Å². The molecular weight excluding hydrogens is 429 g/mol. The number of carbonyl (C=O) groups excluding carboxylic acids is 3. The van der Waals surface area contributed by atoms with Gasteiger partial charge in [-0.1, -0.05) is 5.16 Å². The summed E-state index contributed by atoms with van der Waals surface area (Å²) in [6, 6.07) is -2.82. The molecule has 0 saturated carbocycles. The first-order valence-electron chi connectivity index (χ1n) is 7.12. The Morgan fingerprint density at radius 1 is 1.50 bits per heavy atom. The van der Waals surface area contributed by atoms with Crippen molar-refractivity contribution in [1.29, 1.82) is 0 Å². The van der Waals surface area contributed by atoms with E-state index in [9.17, 15) is 27.4 Å². The summed E-state index contributed by atoms with van der Waals surface area (Å²) in [5.41, 5.74) is 5.24. The van der Waals surface area contributed by atoms with E-state index >= 15 is 0 Å². The van der Waals surface area contributed by atoms with Gasteiger partial charge in [0.1, 0.15) is 31.5 Å². The maximum atomic E-state index is 12.4. The van der Waals surface area contributed by atoms with Crippen molar-refractivity contribution in [2.45, 2.75) is 19.0 Å². The van der Waals surface area contributed by atoms with Crippen molar-refractivity contribution in [2.75, 3.05) is 19.5 Å². The van der Waals surface area contributed by atoms with Crippen molar-refractivity contribution in [3.8, 4) is 0 Å². The van der Waals surface area contributed by atoms with Gasteiger partial charge in [0.05, 0.1) is 0 Å². The molecule has 3 N–H and O–H groups in total. The van der Waals surface area contributed by atoms with Crippen LogP contribution in [0.15, 0.2) is 10.5 Å². The van der Waals surface area contributed by atoms with Crippen LogP contribution in [0.3, 0.4) is 0 Å². The van der Waals surface area contributed by atoms with Gasteiger partial charge in [0.15, 0.2) is 21.1 Å². The van der Waals surface area contributed by atoms with E-state index in [1.807, 2.05) is 0 Å². The summed E-state index contributed by atoms with van der Waals surface area (Å²) in [6.45, 7) is 0.452. The topological polar surface area (TPSA) is 193 Å². The second kappa shape index (κ2) is 9.62. The van der Waals surface area contributed by atoms with Crippen molar-refractivity contribution in [1.82, 2.24) is 14.6 Å². The number of aromatic nitrogens is 1. The second-order valence-electron chi connectivity index (χ2n) is 5.11. The third-order valence-corrected chi connectivity index (χ3v) is 4.92. The molecule has 2 atom stereocenters. The van der Waals surface area contributed by atoms with E-state index in [1.165, 1.54) is 12.5 Å². The number of oxime groups is 1. The number of β-lactam (4-membered cyclic amide) rings is 1. The molecule has 2 rings (SSSR count). The normalized spacial score (nSPS) is 19.3. The summed E-state index contributed by atoms with van der Waals surface area (Å²) in [5.74, 6) is -2.87. The number of hydrogen-bond acceptors (Lipinski definition) is 12. The molecule has 148 valence electrons. The summed E-state index contributed by atoms with van der Waals surface area (Å²) in [7, 11) is -3.98. The molecule has 2 amide bonds. The fourth-order valence-electron chi connectivity index (χ4n) is 2.22. The number of thiazole rings is 1. The van der Waals surface area contributed by atoms with Gasteiger partial charge in [-0.15, -0.1) is 11.3 Å². The summed E-state index contributed by atoms with van der Waals surface area (Å²) in [6.07, 6.45) is 0. The number of nitrogen functional groups attached to an aromatic ring is 1. The quantitative estimate of drug-likeness (QED) is 0.103. The molecule has 0 aliphatic carbocycles. The molecule has 1 aromatic rings. The van der Waals surface area contributed by atoms with Gasteiger partial charge >= 0.3 is 35.5 Å². The first-order valence-corrected chi connectivity index (χ1v) is 9.36. The van der Waals surface area contributed by atoms with Gasteiger partial charge in [-0.3, -0.25) is 14.4 Å². The Labute approximate surface area is 185 Å². The number of anilines is 1. The number of nitrogens with two attached hydrogens (primary N) is 1. The smallest absolute Gasteiger partial charge is 0.731 e. The minimum atomic E-state index is -5.15. The molecule has 0 radical (unpaired) electrons. The molecule has 1 fully saturated rings. The van der Waals surface area contributed by atoms with Crippen molar-refractivity contribution in [3.05, 3.63) is 11.1 Å².